The summed E-state index contributed by atoms with van der Waals surface area (Å²) < 4.78 is 11.0. The van der Waals surface area contributed by atoms with Crippen molar-refractivity contribution < 1.29 is 14.3 Å². The van der Waals surface area contributed by atoms with Crippen molar-refractivity contribution in [2.75, 3.05) is 39.4 Å². The number of amides is 1. The van der Waals surface area contributed by atoms with Crippen LogP contribution in [0.1, 0.15) is 44.9 Å². The molecule has 0 unspecified atom stereocenters. The molecular weight excluding hydrogens is 304 g/mol. The lowest BCUT2D eigenvalue weighted by molar-refractivity contribution is 0.00541. The van der Waals surface area contributed by atoms with Gasteiger partial charge in [0.15, 0.2) is 0 Å². The molecule has 1 heterocycles. The van der Waals surface area contributed by atoms with E-state index in [-0.39, 0.29) is 18.8 Å². The summed E-state index contributed by atoms with van der Waals surface area (Å²) in [6.07, 6.45) is 11.2. The lowest BCUT2D eigenvalue weighted by Gasteiger charge is -2.31. The van der Waals surface area contributed by atoms with Crippen molar-refractivity contribution in [1.29, 1.82) is 0 Å². The molecule has 138 valence electrons. The van der Waals surface area contributed by atoms with Gasteiger partial charge >= 0.3 is 6.09 Å². The van der Waals surface area contributed by atoms with Crippen molar-refractivity contribution in [3.05, 3.63) is 25.3 Å². The summed E-state index contributed by atoms with van der Waals surface area (Å²) in [6.45, 7) is 11.9. The van der Waals surface area contributed by atoms with E-state index in [9.17, 15) is 4.79 Å². The van der Waals surface area contributed by atoms with Gasteiger partial charge in [0.25, 0.3) is 0 Å². The molecule has 1 N–H and O–H groups in total. The van der Waals surface area contributed by atoms with Crippen molar-refractivity contribution in [3.63, 3.8) is 0 Å². The third-order valence-corrected chi connectivity index (χ3v) is 4.15. The van der Waals surface area contributed by atoms with E-state index in [1.165, 1.54) is 19.3 Å². The molecule has 0 atom stereocenters. The summed E-state index contributed by atoms with van der Waals surface area (Å²) >= 11 is 0. The number of nitrogens with one attached hydrogen (secondary N) is 1. The first kappa shape index (κ1) is 20.7. The van der Waals surface area contributed by atoms with Crippen LogP contribution in [0.5, 0.6) is 0 Å². The van der Waals surface area contributed by atoms with Gasteiger partial charge < -0.3 is 19.7 Å². The van der Waals surface area contributed by atoms with Gasteiger partial charge in [-0.05, 0) is 45.2 Å². The van der Waals surface area contributed by atoms with E-state index in [2.05, 4.69) is 18.5 Å². The zero-order valence-corrected chi connectivity index (χ0v) is 15.0. The van der Waals surface area contributed by atoms with E-state index in [0.29, 0.717) is 0 Å². The van der Waals surface area contributed by atoms with Crippen LogP contribution >= 0.6 is 0 Å². The molecule has 1 fully saturated rings. The average molecular weight is 338 g/mol. The van der Waals surface area contributed by atoms with Gasteiger partial charge in [0.2, 0.25) is 0 Å². The van der Waals surface area contributed by atoms with Crippen LogP contribution in [0, 0.1) is 0 Å². The summed E-state index contributed by atoms with van der Waals surface area (Å²) in [5, 5.41) is 3.40. The lowest BCUT2D eigenvalue weighted by atomic mass is 10.1. The summed E-state index contributed by atoms with van der Waals surface area (Å²) in [5.41, 5.74) is 0. The van der Waals surface area contributed by atoms with Crippen LogP contribution in [0.15, 0.2) is 25.3 Å². The standard InChI is InChI=1S/C19H34N2O3/c1-3-5-12-20-13-8-6-7-9-17-23-18-10-14-21(15-11-18)19(22)24-16-4-2/h3-4,18,20H,1-2,5-17H2. The molecular formula is C19H34N2O3. The highest BCUT2D eigenvalue weighted by atomic mass is 16.6. The fourth-order valence-electron chi connectivity index (χ4n) is 2.71. The Kier molecular flexibility index (Phi) is 12.1. The molecule has 5 nitrogen and oxygen atoms in total. The molecule has 0 radical (unpaired) electrons. The molecule has 0 aromatic carbocycles. The van der Waals surface area contributed by atoms with Crippen LogP contribution in [-0.2, 0) is 9.47 Å². The Morgan fingerprint density at radius 1 is 1.08 bits per heavy atom. The predicted octanol–water partition coefficient (Wildman–Crippen LogP) is 3.52. The molecule has 0 bridgehead atoms. The van der Waals surface area contributed by atoms with Gasteiger partial charge in [-0.1, -0.05) is 31.6 Å². The Labute approximate surface area is 147 Å². The molecule has 1 rings (SSSR count). The Bertz CT molecular complexity index is 353. The number of hydrogen-bond acceptors (Lipinski definition) is 4. The summed E-state index contributed by atoms with van der Waals surface area (Å²) in [7, 11) is 0. The first-order chi connectivity index (χ1) is 11.8. The topological polar surface area (TPSA) is 50.8 Å². The van der Waals surface area contributed by atoms with Crippen LogP contribution in [0.25, 0.3) is 0 Å². The lowest BCUT2D eigenvalue weighted by Crippen LogP contribution is -2.41. The molecule has 0 spiro atoms. The van der Waals surface area contributed by atoms with Crippen molar-refractivity contribution in [2.24, 2.45) is 0 Å². The van der Waals surface area contributed by atoms with Crippen LogP contribution in [0.3, 0.4) is 0 Å². The van der Waals surface area contributed by atoms with Crippen molar-refractivity contribution in [3.8, 4) is 0 Å². The maximum Gasteiger partial charge on any atom is 0.410 e. The number of nitrogens with zero attached hydrogens (tertiary/aromatic N) is 1. The highest BCUT2D eigenvalue weighted by Gasteiger charge is 2.23. The van der Waals surface area contributed by atoms with Crippen molar-refractivity contribution in [2.45, 2.75) is 51.0 Å². The minimum atomic E-state index is -0.241. The average Bonchev–Trinajstić information content (AvgIpc) is 2.61. The number of unbranched alkanes of at least 4 members (excludes halogenated alkanes) is 3. The number of carbonyl (C=O) groups excluding carboxylic acids is 1. The molecule has 0 aromatic rings. The Balaban J connectivity index is 1.92. The Morgan fingerprint density at radius 3 is 2.54 bits per heavy atom. The SMILES string of the molecule is C=CCCNCCCCCCOC1CCN(C(=O)OCC=C)CC1. The first-order valence-corrected chi connectivity index (χ1v) is 9.23. The Hall–Kier alpha value is -1.33. The summed E-state index contributed by atoms with van der Waals surface area (Å²) in [4.78, 5) is 13.5. The number of likely N-dealkylation sites (tertiary alicyclic amines) is 1. The molecule has 1 amide bonds. The maximum atomic E-state index is 11.7. The van der Waals surface area contributed by atoms with Crippen molar-refractivity contribution in [1.82, 2.24) is 10.2 Å². The van der Waals surface area contributed by atoms with Gasteiger partial charge in [0.05, 0.1) is 6.10 Å². The number of ether oxygens (including phenoxy) is 2. The molecule has 5 heteroatoms. The van der Waals surface area contributed by atoms with Crippen LogP contribution < -0.4 is 5.32 Å². The molecule has 0 aliphatic carbocycles. The van der Waals surface area contributed by atoms with E-state index in [4.69, 9.17) is 9.47 Å². The number of piperidine rings is 1. The minimum absolute atomic E-state index is 0.241. The van der Waals surface area contributed by atoms with Crippen LogP contribution in [0.2, 0.25) is 0 Å². The molecule has 1 aliphatic rings. The zero-order valence-electron chi connectivity index (χ0n) is 15.0. The van der Waals surface area contributed by atoms with E-state index in [1.807, 2.05) is 6.08 Å². The van der Waals surface area contributed by atoms with Crippen molar-refractivity contribution >= 4 is 6.09 Å². The van der Waals surface area contributed by atoms with Gasteiger partial charge in [-0.3, -0.25) is 0 Å². The maximum absolute atomic E-state index is 11.7. The molecule has 0 saturated carbocycles. The van der Waals surface area contributed by atoms with E-state index < -0.39 is 0 Å². The third kappa shape index (κ3) is 9.73. The predicted molar refractivity (Wildman–Crippen MR) is 98.2 cm³/mol. The fraction of sp³-hybridized carbons (Fsp3) is 0.737. The molecule has 0 aromatic heterocycles. The van der Waals surface area contributed by atoms with Crippen LogP contribution in [0.4, 0.5) is 4.79 Å². The second-order valence-corrected chi connectivity index (χ2v) is 6.16. The van der Waals surface area contributed by atoms with Gasteiger partial charge in [-0.2, -0.15) is 0 Å². The number of rotatable bonds is 13. The smallest absolute Gasteiger partial charge is 0.410 e. The van der Waals surface area contributed by atoms with Crippen LogP contribution in [-0.4, -0.2) is 56.5 Å². The van der Waals surface area contributed by atoms with Gasteiger partial charge in [-0.25, -0.2) is 4.79 Å². The number of carbonyl (C=O) groups is 1. The number of hydrogen-bond donors (Lipinski definition) is 1. The largest absolute Gasteiger partial charge is 0.445 e. The Morgan fingerprint density at radius 2 is 1.83 bits per heavy atom. The van der Waals surface area contributed by atoms with E-state index >= 15 is 0 Å². The van der Waals surface area contributed by atoms with Gasteiger partial charge in [0, 0.05) is 19.7 Å². The fourth-order valence-corrected chi connectivity index (χ4v) is 2.71. The second-order valence-electron chi connectivity index (χ2n) is 6.16. The molecule has 24 heavy (non-hydrogen) atoms. The molecule has 1 aliphatic heterocycles. The monoisotopic (exact) mass is 338 g/mol. The normalized spacial score (nSPS) is 15.2. The van der Waals surface area contributed by atoms with E-state index in [0.717, 1.165) is 58.5 Å². The highest BCUT2D eigenvalue weighted by Crippen LogP contribution is 2.15. The molecule has 1 saturated heterocycles. The summed E-state index contributed by atoms with van der Waals surface area (Å²) in [5.74, 6) is 0. The minimum Gasteiger partial charge on any atom is -0.445 e. The first-order valence-electron chi connectivity index (χ1n) is 9.23. The highest BCUT2D eigenvalue weighted by molar-refractivity contribution is 5.67. The quantitative estimate of drug-likeness (QED) is 0.412. The van der Waals surface area contributed by atoms with Gasteiger partial charge in [0.1, 0.15) is 6.61 Å². The van der Waals surface area contributed by atoms with Gasteiger partial charge in [-0.15, -0.1) is 6.58 Å². The third-order valence-electron chi connectivity index (χ3n) is 4.15. The summed E-state index contributed by atoms with van der Waals surface area (Å²) in [6, 6.07) is 0. The second kappa shape index (κ2) is 14.1. The van der Waals surface area contributed by atoms with E-state index in [1.54, 1.807) is 11.0 Å². The zero-order chi connectivity index (χ0) is 17.5.